The molecular formula is C20H13F2N5O2S. The lowest BCUT2D eigenvalue weighted by atomic mass is 10.2. The molecule has 10 heteroatoms. The summed E-state index contributed by atoms with van der Waals surface area (Å²) in [5.74, 6) is 0.965. The molecule has 3 aromatic heterocycles. The van der Waals surface area contributed by atoms with Gasteiger partial charge in [-0.1, -0.05) is 5.92 Å². The normalized spacial score (nSPS) is 11.8. The first-order valence-electron chi connectivity index (χ1n) is 8.49. The first-order valence-corrected chi connectivity index (χ1v) is 9.64. The highest BCUT2D eigenvalue weighted by molar-refractivity contribution is 7.86. The Kier molecular flexibility index (Phi) is 5.12. The first-order chi connectivity index (χ1) is 14.5. The quantitative estimate of drug-likeness (QED) is 0.497. The molecule has 0 spiro atoms. The van der Waals surface area contributed by atoms with Gasteiger partial charge in [-0.3, -0.25) is 4.72 Å². The third kappa shape index (κ3) is 3.58. The molecule has 0 amide bonds. The number of halogens is 2. The Morgan fingerprint density at radius 1 is 1.23 bits per heavy atom. The van der Waals surface area contributed by atoms with Gasteiger partial charge in [0.25, 0.3) is 0 Å². The molecular weight excluding hydrogens is 412 g/mol. The van der Waals surface area contributed by atoms with E-state index in [2.05, 4.69) is 25.7 Å². The molecule has 30 heavy (non-hydrogen) atoms. The van der Waals surface area contributed by atoms with Crippen molar-refractivity contribution in [2.45, 2.75) is 4.90 Å². The van der Waals surface area contributed by atoms with E-state index in [1.54, 1.807) is 22.8 Å². The van der Waals surface area contributed by atoms with Crippen LogP contribution in [0.3, 0.4) is 0 Å². The number of ether oxygens (including phenoxy) is 1. The molecule has 1 unspecified atom stereocenters. The van der Waals surface area contributed by atoms with E-state index in [-0.39, 0.29) is 16.5 Å². The van der Waals surface area contributed by atoms with E-state index in [0.29, 0.717) is 28.5 Å². The highest BCUT2D eigenvalue weighted by Gasteiger charge is 2.16. The number of nitrogens with one attached hydrogen (secondary N) is 1. The molecule has 1 N–H and O–H groups in total. The Bertz CT molecular complexity index is 1330. The summed E-state index contributed by atoms with van der Waals surface area (Å²) in [4.78, 5) is 8.49. The summed E-state index contributed by atoms with van der Waals surface area (Å²) in [6.07, 6.45) is 10.2. The summed E-state index contributed by atoms with van der Waals surface area (Å²) in [5.41, 5.74) is 2.38. The zero-order valence-electron chi connectivity index (χ0n) is 15.5. The van der Waals surface area contributed by atoms with Crippen molar-refractivity contribution in [2.75, 3.05) is 11.8 Å². The van der Waals surface area contributed by atoms with Crippen LogP contribution in [-0.2, 0) is 11.0 Å². The number of hydrogen-bond donors (Lipinski definition) is 1. The van der Waals surface area contributed by atoms with E-state index < -0.39 is 22.6 Å². The average molecular weight is 425 g/mol. The van der Waals surface area contributed by atoms with Gasteiger partial charge in [0.1, 0.15) is 17.3 Å². The molecule has 4 rings (SSSR count). The lowest BCUT2D eigenvalue weighted by Crippen LogP contribution is -2.09. The van der Waals surface area contributed by atoms with Crippen LogP contribution < -0.4 is 9.46 Å². The van der Waals surface area contributed by atoms with E-state index in [4.69, 9.17) is 11.2 Å². The zero-order chi connectivity index (χ0) is 21.3. The molecule has 7 nitrogen and oxygen atoms in total. The SMILES string of the molecule is C#Cc1cnn2ccc(-c3cnc(OC)c(NS(=O)c4ccc(F)cc4F)c3)nc12. The van der Waals surface area contributed by atoms with Crippen molar-refractivity contribution in [1.29, 1.82) is 0 Å². The summed E-state index contributed by atoms with van der Waals surface area (Å²) in [6, 6.07) is 6.11. The van der Waals surface area contributed by atoms with E-state index >= 15 is 0 Å². The Morgan fingerprint density at radius 3 is 2.80 bits per heavy atom. The number of anilines is 1. The summed E-state index contributed by atoms with van der Waals surface area (Å²) < 4.78 is 49.1. The smallest absolute Gasteiger partial charge is 0.238 e. The van der Waals surface area contributed by atoms with Crippen molar-refractivity contribution in [3.05, 3.63) is 66.1 Å². The number of nitrogens with zero attached hydrogens (tertiary/aromatic N) is 4. The van der Waals surface area contributed by atoms with Crippen molar-refractivity contribution in [1.82, 2.24) is 19.6 Å². The van der Waals surface area contributed by atoms with Gasteiger partial charge in [0.05, 0.1) is 29.5 Å². The van der Waals surface area contributed by atoms with Crippen LogP contribution in [0.15, 0.2) is 53.8 Å². The van der Waals surface area contributed by atoms with Crippen LogP contribution in [0.25, 0.3) is 16.9 Å². The fraction of sp³-hybridized carbons (Fsp3) is 0.0500. The third-order valence-electron chi connectivity index (χ3n) is 4.16. The Labute approximate surface area is 172 Å². The molecule has 0 saturated carbocycles. The van der Waals surface area contributed by atoms with Crippen molar-refractivity contribution in [3.8, 4) is 29.5 Å². The predicted molar refractivity (Wildman–Crippen MR) is 107 cm³/mol. The summed E-state index contributed by atoms with van der Waals surface area (Å²) >= 11 is 0. The summed E-state index contributed by atoms with van der Waals surface area (Å²) in [5, 5.41) is 4.12. The van der Waals surface area contributed by atoms with Crippen molar-refractivity contribution >= 4 is 22.3 Å². The standard InChI is InChI=1S/C20H13F2N5O2S/c1-3-12-11-24-27-7-6-16(25-19(12)27)13-8-17(20(29-2)23-10-13)26-30(28)18-5-4-14(21)9-15(18)22/h1,4-11,26H,2H3. The van der Waals surface area contributed by atoms with Gasteiger partial charge >= 0.3 is 0 Å². The molecule has 0 aliphatic heterocycles. The van der Waals surface area contributed by atoms with Crippen LogP contribution >= 0.6 is 0 Å². The molecule has 1 aromatic carbocycles. The molecule has 4 aromatic rings. The van der Waals surface area contributed by atoms with Gasteiger partial charge in [-0.2, -0.15) is 5.10 Å². The number of benzene rings is 1. The van der Waals surface area contributed by atoms with Gasteiger partial charge in [-0.05, 0) is 24.3 Å². The molecule has 0 bridgehead atoms. The van der Waals surface area contributed by atoms with E-state index in [1.807, 2.05) is 0 Å². The number of methoxy groups -OCH3 is 1. The lowest BCUT2D eigenvalue weighted by Gasteiger charge is -2.12. The third-order valence-corrected chi connectivity index (χ3v) is 5.30. The monoisotopic (exact) mass is 425 g/mol. The minimum atomic E-state index is -2.02. The molecule has 0 radical (unpaired) electrons. The van der Waals surface area contributed by atoms with Crippen LogP contribution in [0.4, 0.5) is 14.5 Å². The van der Waals surface area contributed by atoms with Crippen molar-refractivity contribution < 1.29 is 17.7 Å². The minimum Gasteiger partial charge on any atom is -0.480 e. The second kappa shape index (κ2) is 7.88. The first kappa shape index (κ1) is 19.5. The van der Waals surface area contributed by atoms with Crippen LogP contribution in [-0.4, -0.2) is 30.9 Å². The number of fused-ring (bicyclic) bond motifs is 1. The fourth-order valence-corrected chi connectivity index (χ4v) is 3.62. The van der Waals surface area contributed by atoms with E-state index in [0.717, 1.165) is 12.1 Å². The van der Waals surface area contributed by atoms with Crippen LogP contribution in [0.2, 0.25) is 0 Å². The van der Waals surface area contributed by atoms with Gasteiger partial charge < -0.3 is 4.74 Å². The van der Waals surface area contributed by atoms with Crippen molar-refractivity contribution in [2.24, 2.45) is 0 Å². The van der Waals surface area contributed by atoms with E-state index in [9.17, 15) is 13.0 Å². The maximum absolute atomic E-state index is 14.0. The second-order valence-electron chi connectivity index (χ2n) is 6.01. The molecule has 1 atom stereocenters. The second-order valence-corrected chi connectivity index (χ2v) is 7.19. The predicted octanol–water partition coefficient (Wildman–Crippen LogP) is 3.19. The number of aromatic nitrogens is 4. The number of terminal acetylenes is 1. The van der Waals surface area contributed by atoms with Crippen LogP contribution in [0, 0.1) is 24.0 Å². The Hall–Kier alpha value is -3.84. The summed E-state index contributed by atoms with van der Waals surface area (Å²) in [7, 11) is -0.631. The fourth-order valence-electron chi connectivity index (χ4n) is 2.74. The molecule has 0 aliphatic rings. The van der Waals surface area contributed by atoms with Crippen molar-refractivity contribution in [3.63, 3.8) is 0 Å². The molecule has 3 heterocycles. The van der Waals surface area contributed by atoms with Gasteiger partial charge in [0.2, 0.25) is 5.88 Å². The molecule has 0 fully saturated rings. The average Bonchev–Trinajstić information content (AvgIpc) is 3.16. The highest BCUT2D eigenvalue weighted by atomic mass is 32.2. The lowest BCUT2D eigenvalue weighted by molar-refractivity contribution is 0.400. The largest absolute Gasteiger partial charge is 0.480 e. The number of rotatable bonds is 5. The van der Waals surface area contributed by atoms with Gasteiger partial charge in [0, 0.05) is 24.0 Å². The highest BCUT2D eigenvalue weighted by Crippen LogP contribution is 2.29. The zero-order valence-corrected chi connectivity index (χ0v) is 16.3. The number of hydrogen-bond acceptors (Lipinski definition) is 5. The van der Waals surface area contributed by atoms with E-state index in [1.165, 1.54) is 19.5 Å². The molecule has 150 valence electrons. The Balaban J connectivity index is 1.72. The van der Waals surface area contributed by atoms with Gasteiger partial charge in [0.15, 0.2) is 16.6 Å². The Morgan fingerprint density at radius 2 is 2.07 bits per heavy atom. The summed E-state index contributed by atoms with van der Waals surface area (Å²) in [6.45, 7) is 0. The van der Waals surface area contributed by atoms with Gasteiger partial charge in [-0.25, -0.2) is 27.5 Å². The maximum Gasteiger partial charge on any atom is 0.238 e. The van der Waals surface area contributed by atoms with Gasteiger partial charge in [-0.15, -0.1) is 6.42 Å². The topological polar surface area (TPSA) is 81.4 Å². The van der Waals surface area contributed by atoms with Crippen LogP contribution in [0.5, 0.6) is 5.88 Å². The maximum atomic E-state index is 14.0. The molecule has 0 saturated heterocycles. The van der Waals surface area contributed by atoms with Crippen LogP contribution in [0.1, 0.15) is 5.56 Å². The molecule has 0 aliphatic carbocycles. The number of pyridine rings is 1. The minimum absolute atomic E-state index is 0.143.